The van der Waals surface area contributed by atoms with Gasteiger partial charge in [-0.15, -0.1) is 0 Å². The topological polar surface area (TPSA) is 16.1 Å². The molecule has 0 N–H and O–H groups in total. The summed E-state index contributed by atoms with van der Waals surface area (Å²) in [5, 5.41) is 0. The minimum Gasteiger partial charge on any atom is -0.326 e. The van der Waals surface area contributed by atoms with E-state index in [4.69, 9.17) is 0 Å². The molecule has 2 heteroatoms. The van der Waals surface area contributed by atoms with Crippen LogP contribution >= 0.6 is 0 Å². The Morgan fingerprint density at radius 3 is 2.67 bits per heavy atom. The Balaban J connectivity index is 1.75. The minimum absolute atomic E-state index is 0.267. The zero-order valence-corrected chi connectivity index (χ0v) is 11.2. The van der Waals surface area contributed by atoms with Gasteiger partial charge in [0.05, 0.1) is 0 Å². The number of hydrogen-bond acceptors (Lipinski definition) is 2. The fourth-order valence-corrected chi connectivity index (χ4v) is 3.95. The van der Waals surface area contributed by atoms with E-state index in [0.29, 0.717) is 11.5 Å². The molecule has 2 nitrogen and oxygen atoms in total. The van der Waals surface area contributed by atoms with Crippen LogP contribution in [0.25, 0.3) is 0 Å². The zero-order valence-electron chi connectivity index (χ0n) is 11.2. The van der Waals surface area contributed by atoms with Crippen LogP contribution in [-0.4, -0.2) is 11.0 Å². The van der Waals surface area contributed by atoms with Crippen LogP contribution in [0.5, 0.6) is 0 Å². The molecule has 0 unspecified atom stereocenters. The van der Waals surface area contributed by atoms with Crippen LogP contribution in [0.3, 0.4) is 0 Å². The molecule has 0 radical (unpaired) electrons. The molecular weight excluding hydrogens is 220 g/mol. The molecule has 0 amide bonds. The molecule has 0 bridgehead atoms. The zero-order chi connectivity index (χ0) is 12.5. The standard InChI is InChI=1S/C16H20N2/c1-11-16(6-7-16)13-5-4-8-17-14(13)18(11)12-9-15(2,3)10-12/h4-5,8,12H,1,6-7,9-10H2,2-3H3. The van der Waals surface area contributed by atoms with Gasteiger partial charge in [-0.05, 0) is 37.2 Å². The van der Waals surface area contributed by atoms with Crippen LogP contribution in [0.15, 0.2) is 30.6 Å². The van der Waals surface area contributed by atoms with Gasteiger partial charge in [0, 0.05) is 28.9 Å². The maximum absolute atomic E-state index is 4.64. The Morgan fingerprint density at radius 1 is 1.33 bits per heavy atom. The predicted molar refractivity (Wildman–Crippen MR) is 73.6 cm³/mol. The van der Waals surface area contributed by atoms with Gasteiger partial charge in [-0.3, -0.25) is 0 Å². The second-order valence-electron chi connectivity index (χ2n) is 7.00. The lowest BCUT2D eigenvalue weighted by atomic mass is 9.68. The SMILES string of the molecule is C=C1N(C2CC(C)(C)C2)c2ncccc2C12CC2. The van der Waals surface area contributed by atoms with Crippen molar-refractivity contribution in [1.82, 2.24) is 4.98 Å². The summed E-state index contributed by atoms with van der Waals surface area (Å²) < 4.78 is 0. The summed E-state index contributed by atoms with van der Waals surface area (Å²) in [6.45, 7) is 9.11. The van der Waals surface area contributed by atoms with E-state index < -0.39 is 0 Å². The first kappa shape index (κ1) is 10.6. The number of fused-ring (bicyclic) bond motifs is 2. The van der Waals surface area contributed by atoms with E-state index >= 15 is 0 Å². The van der Waals surface area contributed by atoms with Crippen LogP contribution in [0.2, 0.25) is 0 Å². The molecule has 1 aromatic rings. The van der Waals surface area contributed by atoms with Crippen molar-refractivity contribution < 1.29 is 0 Å². The Morgan fingerprint density at radius 2 is 2.06 bits per heavy atom. The highest BCUT2D eigenvalue weighted by Gasteiger charge is 2.58. The van der Waals surface area contributed by atoms with E-state index in [1.807, 2.05) is 6.20 Å². The molecule has 1 spiro atoms. The van der Waals surface area contributed by atoms with Crippen molar-refractivity contribution in [2.75, 3.05) is 4.90 Å². The third-order valence-electron chi connectivity index (χ3n) is 5.07. The smallest absolute Gasteiger partial charge is 0.137 e. The van der Waals surface area contributed by atoms with Gasteiger partial charge in [-0.25, -0.2) is 4.98 Å². The second kappa shape index (κ2) is 2.98. The highest BCUT2D eigenvalue weighted by atomic mass is 15.3. The Hall–Kier alpha value is -1.31. The van der Waals surface area contributed by atoms with Crippen LogP contribution < -0.4 is 4.90 Å². The van der Waals surface area contributed by atoms with Crippen LogP contribution in [0.4, 0.5) is 5.82 Å². The van der Waals surface area contributed by atoms with Crippen LogP contribution in [-0.2, 0) is 5.41 Å². The molecule has 0 saturated heterocycles. The summed E-state index contributed by atoms with van der Waals surface area (Å²) in [6.07, 6.45) is 6.97. The normalized spacial score (nSPS) is 27.2. The van der Waals surface area contributed by atoms with Gasteiger partial charge >= 0.3 is 0 Å². The number of rotatable bonds is 1. The van der Waals surface area contributed by atoms with Gasteiger partial charge in [0.15, 0.2) is 0 Å². The largest absolute Gasteiger partial charge is 0.326 e. The number of hydrogen-bond donors (Lipinski definition) is 0. The first-order chi connectivity index (χ1) is 8.54. The summed E-state index contributed by atoms with van der Waals surface area (Å²) in [5.74, 6) is 1.19. The summed E-state index contributed by atoms with van der Waals surface area (Å²) in [7, 11) is 0. The van der Waals surface area contributed by atoms with Crippen molar-refractivity contribution in [1.29, 1.82) is 0 Å². The van der Waals surface area contributed by atoms with E-state index in [9.17, 15) is 0 Å². The van der Waals surface area contributed by atoms with Gasteiger partial charge in [-0.2, -0.15) is 0 Å². The first-order valence-electron chi connectivity index (χ1n) is 6.98. The molecule has 2 fully saturated rings. The van der Waals surface area contributed by atoms with Crippen molar-refractivity contribution in [2.45, 2.75) is 51.0 Å². The maximum Gasteiger partial charge on any atom is 0.137 e. The lowest BCUT2D eigenvalue weighted by Gasteiger charge is -2.48. The van der Waals surface area contributed by atoms with Crippen molar-refractivity contribution >= 4 is 5.82 Å². The minimum atomic E-state index is 0.267. The second-order valence-corrected chi connectivity index (χ2v) is 7.00. The monoisotopic (exact) mass is 240 g/mol. The number of pyridine rings is 1. The van der Waals surface area contributed by atoms with Gasteiger partial charge in [-0.1, -0.05) is 26.5 Å². The average molecular weight is 240 g/mol. The van der Waals surface area contributed by atoms with E-state index in [1.165, 1.54) is 42.8 Å². The van der Waals surface area contributed by atoms with E-state index in [2.05, 4.69) is 42.4 Å². The third kappa shape index (κ3) is 1.16. The molecule has 0 aromatic carbocycles. The molecule has 2 heterocycles. The van der Waals surface area contributed by atoms with E-state index in [-0.39, 0.29) is 5.41 Å². The fraction of sp³-hybridized carbons (Fsp3) is 0.562. The van der Waals surface area contributed by atoms with Gasteiger partial charge in [0.1, 0.15) is 5.82 Å². The highest BCUT2D eigenvalue weighted by Crippen LogP contribution is 2.63. The molecule has 1 aromatic heterocycles. The van der Waals surface area contributed by atoms with Crippen LogP contribution in [0, 0.1) is 5.41 Å². The summed E-state index contributed by atoms with van der Waals surface area (Å²) in [5.41, 5.74) is 3.51. The summed E-state index contributed by atoms with van der Waals surface area (Å²) in [4.78, 5) is 7.09. The quantitative estimate of drug-likeness (QED) is 0.745. The van der Waals surface area contributed by atoms with Gasteiger partial charge < -0.3 is 4.90 Å². The number of anilines is 1. The molecular formula is C16H20N2. The average Bonchev–Trinajstić information content (AvgIpc) is 3.04. The number of allylic oxidation sites excluding steroid dienone is 1. The van der Waals surface area contributed by atoms with E-state index in [1.54, 1.807) is 0 Å². The molecule has 0 atom stereocenters. The summed E-state index contributed by atoms with van der Waals surface area (Å²) >= 11 is 0. The van der Waals surface area contributed by atoms with Gasteiger partial charge in [0.25, 0.3) is 0 Å². The van der Waals surface area contributed by atoms with Crippen molar-refractivity contribution in [2.24, 2.45) is 5.41 Å². The van der Waals surface area contributed by atoms with Crippen molar-refractivity contribution in [3.8, 4) is 0 Å². The Labute approximate surface area is 109 Å². The highest BCUT2D eigenvalue weighted by molar-refractivity contribution is 5.70. The molecule has 2 saturated carbocycles. The molecule has 1 aliphatic heterocycles. The Bertz CT molecular complexity index is 532. The lowest BCUT2D eigenvalue weighted by Crippen LogP contribution is -2.48. The predicted octanol–water partition coefficient (Wildman–Crippen LogP) is 3.64. The van der Waals surface area contributed by atoms with E-state index in [0.717, 1.165) is 0 Å². The molecule has 18 heavy (non-hydrogen) atoms. The fourth-order valence-electron chi connectivity index (χ4n) is 3.95. The maximum atomic E-state index is 4.64. The third-order valence-corrected chi connectivity index (χ3v) is 5.07. The molecule has 94 valence electrons. The van der Waals surface area contributed by atoms with Crippen LogP contribution in [0.1, 0.15) is 45.1 Å². The van der Waals surface area contributed by atoms with Crippen molar-refractivity contribution in [3.05, 3.63) is 36.2 Å². The Kier molecular flexibility index (Phi) is 1.76. The van der Waals surface area contributed by atoms with Gasteiger partial charge in [0.2, 0.25) is 0 Å². The first-order valence-corrected chi connectivity index (χ1v) is 6.98. The van der Waals surface area contributed by atoms with Crippen molar-refractivity contribution in [3.63, 3.8) is 0 Å². The number of nitrogens with zero attached hydrogens (tertiary/aromatic N) is 2. The number of aromatic nitrogens is 1. The lowest BCUT2D eigenvalue weighted by molar-refractivity contribution is 0.151. The summed E-state index contributed by atoms with van der Waals surface area (Å²) in [6, 6.07) is 4.95. The molecule has 2 aliphatic carbocycles. The molecule has 3 aliphatic rings. The molecule has 4 rings (SSSR count).